The van der Waals surface area contributed by atoms with E-state index in [1.54, 1.807) is 0 Å². The number of nitrogens with zero attached hydrogens (tertiary/aromatic N) is 2. The molecular weight excluding hydrogens is 476 g/mol. The van der Waals surface area contributed by atoms with Gasteiger partial charge >= 0.3 is 0 Å². The summed E-state index contributed by atoms with van der Waals surface area (Å²) in [6.07, 6.45) is 1.89. The summed E-state index contributed by atoms with van der Waals surface area (Å²) < 4.78 is 0. The standard InChI is InChI=1S/C35H30N2Si/c1-22-18-33-29(23(2)34(22)24-10-12-28(13-11-24)38(3,4)5)14-15-32-31(33)16-17-37-35(32)26-19-25-8-6-7-9-30(25)27(20-26)21-36/h6-20H,1-5H3. The Hall–Kier alpha value is -4.26. The van der Waals surface area contributed by atoms with Crippen LogP contribution in [0.15, 0.2) is 91.1 Å². The molecule has 3 heteroatoms. The Labute approximate surface area is 225 Å². The predicted molar refractivity (Wildman–Crippen MR) is 165 cm³/mol. The molecule has 5 aromatic carbocycles. The van der Waals surface area contributed by atoms with Gasteiger partial charge in [0.25, 0.3) is 0 Å². The van der Waals surface area contributed by atoms with Gasteiger partial charge in [0.1, 0.15) is 0 Å². The van der Waals surface area contributed by atoms with Crippen LogP contribution in [0.2, 0.25) is 19.6 Å². The minimum absolute atomic E-state index is 0.675. The summed E-state index contributed by atoms with van der Waals surface area (Å²) >= 11 is 0. The van der Waals surface area contributed by atoms with Crippen molar-refractivity contribution in [2.24, 2.45) is 0 Å². The first-order valence-corrected chi connectivity index (χ1v) is 16.6. The molecule has 0 amide bonds. The molecule has 0 N–H and O–H groups in total. The molecule has 0 aliphatic heterocycles. The van der Waals surface area contributed by atoms with Crippen molar-refractivity contribution in [1.82, 2.24) is 4.98 Å². The zero-order valence-electron chi connectivity index (χ0n) is 22.6. The molecule has 0 aliphatic carbocycles. The van der Waals surface area contributed by atoms with Crippen LogP contribution in [0, 0.1) is 25.2 Å². The van der Waals surface area contributed by atoms with E-state index in [0.717, 1.165) is 27.4 Å². The quantitative estimate of drug-likeness (QED) is 0.177. The van der Waals surface area contributed by atoms with Gasteiger partial charge in [0.15, 0.2) is 0 Å². The number of aryl methyl sites for hydroxylation is 2. The van der Waals surface area contributed by atoms with E-state index in [0.29, 0.717) is 5.56 Å². The normalized spacial score (nSPS) is 11.8. The van der Waals surface area contributed by atoms with Crippen LogP contribution in [-0.2, 0) is 0 Å². The Morgan fingerprint density at radius 3 is 2.16 bits per heavy atom. The van der Waals surface area contributed by atoms with E-state index >= 15 is 0 Å². The molecule has 0 aliphatic rings. The Bertz CT molecular complexity index is 1920. The van der Waals surface area contributed by atoms with Crippen molar-refractivity contribution in [2.45, 2.75) is 33.5 Å². The molecule has 0 unspecified atom stereocenters. The maximum absolute atomic E-state index is 9.83. The van der Waals surface area contributed by atoms with Crippen LogP contribution in [0.4, 0.5) is 0 Å². The van der Waals surface area contributed by atoms with Gasteiger partial charge in [-0.1, -0.05) is 91.6 Å². The number of nitriles is 1. The number of aromatic nitrogens is 1. The molecule has 0 radical (unpaired) electrons. The molecule has 0 saturated carbocycles. The van der Waals surface area contributed by atoms with Gasteiger partial charge in [0.05, 0.1) is 25.4 Å². The van der Waals surface area contributed by atoms with E-state index in [9.17, 15) is 5.26 Å². The van der Waals surface area contributed by atoms with Gasteiger partial charge in [-0.15, -0.1) is 0 Å². The molecule has 1 heterocycles. The van der Waals surface area contributed by atoms with Gasteiger partial charge in [-0.3, -0.25) is 4.98 Å². The van der Waals surface area contributed by atoms with Gasteiger partial charge in [0.2, 0.25) is 0 Å². The number of hydrogen-bond donors (Lipinski definition) is 0. The second-order valence-corrected chi connectivity index (χ2v) is 16.4. The first-order chi connectivity index (χ1) is 18.3. The number of rotatable bonds is 3. The third-order valence-corrected chi connectivity index (χ3v) is 9.88. The lowest BCUT2D eigenvalue weighted by Gasteiger charge is -2.19. The zero-order chi connectivity index (χ0) is 26.6. The summed E-state index contributed by atoms with van der Waals surface area (Å²) in [5.41, 5.74) is 7.73. The Morgan fingerprint density at radius 1 is 0.684 bits per heavy atom. The fourth-order valence-corrected chi connectivity index (χ4v) is 7.00. The van der Waals surface area contributed by atoms with Crippen LogP contribution in [0.3, 0.4) is 0 Å². The largest absolute Gasteiger partial charge is 0.256 e. The molecule has 0 bridgehead atoms. The molecule has 1 aromatic heterocycles. The Balaban J connectivity index is 1.55. The van der Waals surface area contributed by atoms with Gasteiger partial charge in [-0.25, -0.2) is 0 Å². The predicted octanol–water partition coefficient (Wildman–Crippen LogP) is 8.91. The summed E-state index contributed by atoms with van der Waals surface area (Å²) in [5.74, 6) is 0. The summed E-state index contributed by atoms with van der Waals surface area (Å²) in [7, 11) is -1.34. The van der Waals surface area contributed by atoms with Crippen molar-refractivity contribution in [3.8, 4) is 28.5 Å². The second kappa shape index (κ2) is 8.94. The SMILES string of the molecule is Cc1cc2c(ccc3c(-c4cc(C#N)c5ccccc5c4)nccc32)c(C)c1-c1ccc([Si](C)(C)C)cc1. The first kappa shape index (κ1) is 24.1. The zero-order valence-corrected chi connectivity index (χ0v) is 23.6. The van der Waals surface area contributed by atoms with Crippen molar-refractivity contribution in [3.63, 3.8) is 0 Å². The van der Waals surface area contributed by atoms with Crippen LogP contribution in [0.25, 0.3) is 54.7 Å². The van der Waals surface area contributed by atoms with E-state index in [1.807, 2.05) is 30.5 Å². The van der Waals surface area contributed by atoms with Crippen molar-refractivity contribution in [1.29, 1.82) is 5.26 Å². The highest BCUT2D eigenvalue weighted by Crippen LogP contribution is 2.39. The second-order valence-electron chi connectivity index (χ2n) is 11.3. The van der Waals surface area contributed by atoms with Crippen molar-refractivity contribution in [2.75, 3.05) is 0 Å². The third kappa shape index (κ3) is 3.90. The summed E-state index contributed by atoms with van der Waals surface area (Å²) in [5, 5.41) is 18.1. The number of fused-ring (bicyclic) bond motifs is 4. The Kier molecular flexibility index (Phi) is 5.67. The molecule has 2 nitrogen and oxygen atoms in total. The Morgan fingerprint density at radius 2 is 1.42 bits per heavy atom. The molecular formula is C35H30N2Si. The molecule has 184 valence electrons. The fourth-order valence-electron chi connectivity index (χ4n) is 5.83. The maximum atomic E-state index is 9.83. The van der Waals surface area contributed by atoms with Gasteiger partial charge < -0.3 is 0 Å². The topological polar surface area (TPSA) is 36.7 Å². The maximum Gasteiger partial charge on any atom is 0.0998 e. The monoisotopic (exact) mass is 506 g/mol. The van der Waals surface area contributed by atoms with Crippen LogP contribution in [0.1, 0.15) is 16.7 Å². The highest BCUT2D eigenvalue weighted by atomic mass is 28.3. The lowest BCUT2D eigenvalue weighted by atomic mass is 9.88. The first-order valence-electron chi connectivity index (χ1n) is 13.1. The van der Waals surface area contributed by atoms with Crippen molar-refractivity contribution < 1.29 is 0 Å². The molecule has 6 aromatic rings. The molecule has 0 fully saturated rings. The van der Waals surface area contributed by atoms with Crippen LogP contribution >= 0.6 is 0 Å². The van der Waals surface area contributed by atoms with Crippen LogP contribution < -0.4 is 5.19 Å². The van der Waals surface area contributed by atoms with Crippen molar-refractivity contribution >= 4 is 45.6 Å². The van der Waals surface area contributed by atoms with Crippen LogP contribution in [0.5, 0.6) is 0 Å². The molecule has 0 spiro atoms. The van der Waals surface area contributed by atoms with Gasteiger partial charge in [-0.05, 0) is 81.2 Å². The molecule has 0 atom stereocenters. The lowest BCUT2D eigenvalue weighted by molar-refractivity contribution is 1.36. The summed E-state index contributed by atoms with van der Waals surface area (Å²) in [6.45, 7) is 11.6. The average Bonchev–Trinajstić information content (AvgIpc) is 2.91. The van der Waals surface area contributed by atoms with E-state index in [-0.39, 0.29) is 0 Å². The van der Waals surface area contributed by atoms with Gasteiger partial charge in [-0.2, -0.15) is 5.26 Å². The van der Waals surface area contributed by atoms with Crippen molar-refractivity contribution in [3.05, 3.63) is 108 Å². The average molecular weight is 507 g/mol. The van der Waals surface area contributed by atoms with E-state index < -0.39 is 8.07 Å². The number of hydrogen-bond acceptors (Lipinski definition) is 2. The van der Waals surface area contributed by atoms with Gasteiger partial charge in [0, 0.05) is 17.1 Å². The number of benzene rings is 5. The number of pyridine rings is 1. The third-order valence-electron chi connectivity index (χ3n) is 7.82. The fraction of sp³-hybridized carbons (Fsp3) is 0.143. The van der Waals surface area contributed by atoms with Crippen LogP contribution in [-0.4, -0.2) is 13.1 Å². The summed E-state index contributed by atoms with van der Waals surface area (Å²) in [6, 6.07) is 32.7. The minimum Gasteiger partial charge on any atom is -0.256 e. The summed E-state index contributed by atoms with van der Waals surface area (Å²) in [4.78, 5) is 4.80. The molecule has 0 saturated heterocycles. The molecule has 38 heavy (non-hydrogen) atoms. The smallest absolute Gasteiger partial charge is 0.0998 e. The minimum atomic E-state index is -1.34. The highest BCUT2D eigenvalue weighted by molar-refractivity contribution is 6.88. The molecule has 6 rings (SSSR count). The highest BCUT2D eigenvalue weighted by Gasteiger charge is 2.18. The van der Waals surface area contributed by atoms with E-state index in [1.165, 1.54) is 43.6 Å². The van der Waals surface area contributed by atoms with E-state index in [4.69, 9.17) is 4.98 Å². The van der Waals surface area contributed by atoms with E-state index in [2.05, 4.69) is 100 Å². The lowest BCUT2D eigenvalue weighted by Crippen LogP contribution is -2.37.